The number of nitrogen functional groups attached to an aromatic ring is 1. The number of hydrogen-bond donors (Lipinski definition) is 1. The van der Waals surface area contributed by atoms with Crippen molar-refractivity contribution < 1.29 is 4.74 Å². The second-order valence-electron chi connectivity index (χ2n) is 4.06. The summed E-state index contributed by atoms with van der Waals surface area (Å²) in [5, 5.41) is 4.43. The van der Waals surface area contributed by atoms with E-state index >= 15 is 0 Å². The monoisotopic (exact) mass is 309 g/mol. The van der Waals surface area contributed by atoms with Crippen molar-refractivity contribution in [2.24, 2.45) is 7.05 Å². The first-order chi connectivity index (χ1) is 8.58. The van der Waals surface area contributed by atoms with Gasteiger partial charge in [0.25, 0.3) is 0 Å². The molecular weight excluding hydrogens is 294 g/mol. The van der Waals surface area contributed by atoms with E-state index < -0.39 is 0 Å². The minimum absolute atomic E-state index is 0.606. The minimum atomic E-state index is 0.606. The third-order valence-electron chi connectivity index (χ3n) is 2.96. The molecule has 1 heterocycles. The average Bonchev–Trinajstić information content (AvgIpc) is 2.65. The lowest BCUT2D eigenvalue weighted by Gasteiger charge is -2.08. The number of anilines is 1. The highest BCUT2D eigenvalue weighted by atomic mass is 79.9. The second-order valence-corrected chi connectivity index (χ2v) is 4.85. The van der Waals surface area contributed by atoms with Crippen LogP contribution < -0.4 is 10.5 Å². The molecule has 0 unspecified atom stereocenters. The maximum absolute atomic E-state index is 5.91. The molecule has 0 atom stereocenters. The number of rotatable bonds is 3. The Hall–Kier alpha value is -1.49. The third-order valence-corrected chi connectivity index (χ3v) is 3.74. The van der Waals surface area contributed by atoms with Crippen LogP contribution in [0, 0.1) is 0 Å². The van der Waals surface area contributed by atoms with Gasteiger partial charge in [-0.3, -0.25) is 4.68 Å². The Balaban J connectivity index is 2.64. The summed E-state index contributed by atoms with van der Waals surface area (Å²) in [5.41, 5.74) is 8.91. The van der Waals surface area contributed by atoms with Crippen molar-refractivity contribution in [3.8, 4) is 17.0 Å². The van der Waals surface area contributed by atoms with E-state index in [0.29, 0.717) is 5.82 Å². The lowest BCUT2D eigenvalue weighted by Crippen LogP contribution is -1.97. The molecule has 0 aliphatic rings. The van der Waals surface area contributed by atoms with Gasteiger partial charge in [-0.2, -0.15) is 5.10 Å². The molecule has 0 fully saturated rings. The molecule has 0 spiro atoms. The summed E-state index contributed by atoms with van der Waals surface area (Å²) in [6.45, 7) is 2.12. The highest BCUT2D eigenvalue weighted by molar-refractivity contribution is 9.10. The van der Waals surface area contributed by atoms with E-state index in [-0.39, 0.29) is 0 Å². The fourth-order valence-electron chi connectivity index (χ4n) is 1.84. The van der Waals surface area contributed by atoms with E-state index in [1.807, 2.05) is 13.1 Å². The van der Waals surface area contributed by atoms with E-state index in [1.165, 1.54) is 5.56 Å². The molecule has 96 valence electrons. The maximum Gasteiger partial charge on any atom is 0.136 e. The van der Waals surface area contributed by atoms with Crippen LogP contribution in [0.1, 0.15) is 12.5 Å². The van der Waals surface area contributed by atoms with Crippen molar-refractivity contribution in [2.45, 2.75) is 13.3 Å². The van der Waals surface area contributed by atoms with Gasteiger partial charge in [0.05, 0.1) is 11.6 Å². The molecule has 0 radical (unpaired) electrons. The Morgan fingerprint density at radius 1 is 1.44 bits per heavy atom. The largest absolute Gasteiger partial charge is 0.496 e. The smallest absolute Gasteiger partial charge is 0.136 e. The van der Waals surface area contributed by atoms with Gasteiger partial charge < -0.3 is 10.5 Å². The molecule has 0 aliphatic heterocycles. The van der Waals surface area contributed by atoms with Gasteiger partial charge in [-0.15, -0.1) is 0 Å². The molecule has 0 saturated carbocycles. The predicted octanol–water partition coefficient (Wildman–Crippen LogP) is 3.00. The number of benzene rings is 1. The maximum atomic E-state index is 5.91. The number of ether oxygens (including phenoxy) is 1. The molecule has 1 aromatic heterocycles. The minimum Gasteiger partial charge on any atom is -0.496 e. The molecule has 1 aromatic carbocycles. The third kappa shape index (κ3) is 2.10. The van der Waals surface area contributed by atoms with Crippen LogP contribution in [-0.2, 0) is 13.5 Å². The lowest BCUT2D eigenvalue weighted by atomic mass is 10.1. The van der Waals surface area contributed by atoms with E-state index in [4.69, 9.17) is 10.5 Å². The van der Waals surface area contributed by atoms with Crippen molar-refractivity contribution in [2.75, 3.05) is 12.8 Å². The van der Waals surface area contributed by atoms with Gasteiger partial charge in [0.2, 0.25) is 0 Å². The van der Waals surface area contributed by atoms with Crippen LogP contribution in [-0.4, -0.2) is 16.9 Å². The van der Waals surface area contributed by atoms with Crippen LogP contribution >= 0.6 is 15.9 Å². The zero-order valence-electron chi connectivity index (χ0n) is 10.7. The lowest BCUT2D eigenvalue weighted by molar-refractivity contribution is 0.416. The highest BCUT2D eigenvalue weighted by Crippen LogP contribution is 2.37. The number of aryl methyl sites for hydroxylation is 2. The van der Waals surface area contributed by atoms with E-state index in [0.717, 1.165) is 27.9 Å². The molecule has 0 saturated heterocycles. The number of aromatic nitrogens is 2. The van der Waals surface area contributed by atoms with Crippen LogP contribution in [0.2, 0.25) is 0 Å². The molecule has 5 heteroatoms. The Kier molecular flexibility index (Phi) is 3.61. The van der Waals surface area contributed by atoms with Crippen molar-refractivity contribution in [1.29, 1.82) is 0 Å². The Morgan fingerprint density at radius 2 is 2.17 bits per heavy atom. The summed E-state index contributed by atoms with van der Waals surface area (Å²) in [6, 6.07) is 6.11. The number of hydrogen-bond acceptors (Lipinski definition) is 3. The Bertz CT molecular complexity index is 578. The standard InChI is InChI=1S/C13H16BrN3O/c1-4-8-5-6-10(18-3)9(7-8)12-11(14)13(15)17(2)16-12/h5-7H,4,15H2,1-3H3. The first-order valence-corrected chi connectivity index (χ1v) is 6.53. The molecule has 2 aromatic rings. The molecule has 4 nitrogen and oxygen atoms in total. The van der Waals surface area contributed by atoms with E-state index in [1.54, 1.807) is 11.8 Å². The van der Waals surface area contributed by atoms with Crippen LogP contribution in [0.5, 0.6) is 5.75 Å². The number of nitrogens with zero attached hydrogens (tertiary/aromatic N) is 2. The summed E-state index contributed by atoms with van der Waals surface area (Å²) in [7, 11) is 3.48. The van der Waals surface area contributed by atoms with Gasteiger partial charge in [-0.05, 0) is 40.0 Å². The number of halogens is 1. The van der Waals surface area contributed by atoms with Gasteiger partial charge in [0, 0.05) is 12.6 Å². The fraction of sp³-hybridized carbons (Fsp3) is 0.308. The van der Waals surface area contributed by atoms with Crippen molar-refractivity contribution >= 4 is 21.7 Å². The van der Waals surface area contributed by atoms with Gasteiger partial charge in [0.1, 0.15) is 17.3 Å². The van der Waals surface area contributed by atoms with Crippen molar-refractivity contribution in [3.05, 3.63) is 28.2 Å². The van der Waals surface area contributed by atoms with Gasteiger partial charge in [-0.1, -0.05) is 13.0 Å². The summed E-state index contributed by atoms with van der Waals surface area (Å²) in [6.07, 6.45) is 0.969. The molecular formula is C13H16BrN3O. The molecule has 18 heavy (non-hydrogen) atoms. The van der Waals surface area contributed by atoms with Gasteiger partial charge >= 0.3 is 0 Å². The zero-order valence-corrected chi connectivity index (χ0v) is 12.3. The molecule has 2 rings (SSSR count). The Labute approximate surface area is 115 Å². The SMILES string of the molecule is CCc1ccc(OC)c(-c2nn(C)c(N)c2Br)c1. The quantitative estimate of drug-likeness (QED) is 0.948. The molecule has 0 aliphatic carbocycles. The topological polar surface area (TPSA) is 53.1 Å². The number of methoxy groups -OCH3 is 1. The molecule has 0 bridgehead atoms. The predicted molar refractivity (Wildman–Crippen MR) is 76.7 cm³/mol. The van der Waals surface area contributed by atoms with Crippen LogP contribution in [0.4, 0.5) is 5.82 Å². The average molecular weight is 310 g/mol. The summed E-state index contributed by atoms with van der Waals surface area (Å²) in [4.78, 5) is 0. The van der Waals surface area contributed by atoms with Crippen LogP contribution in [0.25, 0.3) is 11.3 Å². The normalized spacial score (nSPS) is 10.7. The van der Waals surface area contributed by atoms with Crippen molar-refractivity contribution in [3.63, 3.8) is 0 Å². The molecule has 0 amide bonds. The summed E-state index contributed by atoms with van der Waals surface area (Å²) < 4.78 is 7.85. The van der Waals surface area contributed by atoms with Crippen LogP contribution in [0.15, 0.2) is 22.7 Å². The first kappa shape index (κ1) is 13.0. The highest BCUT2D eigenvalue weighted by Gasteiger charge is 2.17. The van der Waals surface area contributed by atoms with E-state index in [2.05, 4.69) is 40.1 Å². The number of nitrogens with two attached hydrogens (primary N) is 1. The first-order valence-electron chi connectivity index (χ1n) is 5.73. The summed E-state index contributed by atoms with van der Waals surface area (Å²) in [5.74, 6) is 1.40. The van der Waals surface area contributed by atoms with Crippen molar-refractivity contribution in [1.82, 2.24) is 9.78 Å². The molecule has 2 N–H and O–H groups in total. The second kappa shape index (κ2) is 5.02. The van der Waals surface area contributed by atoms with Gasteiger partial charge in [-0.25, -0.2) is 0 Å². The van der Waals surface area contributed by atoms with E-state index in [9.17, 15) is 0 Å². The Morgan fingerprint density at radius 3 is 2.67 bits per heavy atom. The zero-order chi connectivity index (χ0) is 13.3. The van der Waals surface area contributed by atoms with Crippen LogP contribution in [0.3, 0.4) is 0 Å². The van der Waals surface area contributed by atoms with Gasteiger partial charge in [0.15, 0.2) is 0 Å². The fourth-order valence-corrected chi connectivity index (χ4v) is 2.39. The summed E-state index contributed by atoms with van der Waals surface area (Å²) >= 11 is 3.48.